The van der Waals surface area contributed by atoms with Crippen molar-refractivity contribution in [3.63, 3.8) is 0 Å². The van der Waals surface area contributed by atoms with Gasteiger partial charge in [-0.25, -0.2) is 0 Å². The average molecular weight is 633 g/mol. The van der Waals surface area contributed by atoms with Gasteiger partial charge >= 0.3 is 0 Å². The maximum absolute atomic E-state index is 2.39. The largest absolute Gasteiger partial charge is 0.0622 e. The highest BCUT2D eigenvalue weighted by Crippen LogP contribution is 2.54. The Labute approximate surface area is 293 Å². The third kappa shape index (κ3) is 4.61. The normalized spacial score (nSPS) is 14.1. The van der Waals surface area contributed by atoms with E-state index in [1.54, 1.807) is 0 Å². The van der Waals surface area contributed by atoms with Gasteiger partial charge in [-0.05, 0) is 124 Å². The molecule has 0 heteroatoms. The van der Waals surface area contributed by atoms with Crippen LogP contribution in [0.2, 0.25) is 0 Å². The summed E-state index contributed by atoms with van der Waals surface area (Å²) in [6.45, 7) is 0. The van der Waals surface area contributed by atoms with Crippen LogP contribution in [0.1, 0.15) is 33.4 Å². The van der Waals surface area contributed by atoms with Crippen LogP contribution in [0.3, 0.4) is 0 Å². The molecular weight excluding hydrogens is 601 g/mol. The summed E-state index contributed by atoms with van der Waals surface area (Å²) in [5, 5.41) is 2.59. The van der Waals surface area contributed by atoms with E-state index in [9.17, 15) is 0 Å². The topological polar surface area (TPSA) is 0 Å². The van der Waals surface area contributed by atoms with Crippen LogP contribution in [-0.2, 0) is 0 Å². The number of fused-ring (bicyclic) bond motifs is 9. The van der Waals surface area contributed by atoms with E-state index in [1.807, 2.05) is 0 Å². The molecule has 0 radical (unpaired) electrons. The molecule has 2 aliphatic carbocycles. The van der Waals surface area contributed by atoms with Crippen molar-refractivity contribution in [2.24, 2.45) is 0 Å². The van der Waals surface area contributed by atoms with Gasteiger partial charge in [0.1, 0.15) is 0 Å². The van der Waals surface area contributed by atoms with Crippen molar-refractivity contribution < 1.29 is 0 Å². The molecule has 0 amide bonds. The van der Waals surface area contributed by atoms with Crippen LogP contribution in [0.25, 0.3) is 78.6 Å². The van der Waals surface area contributed by atoms with E-state index in [2.05, 4.69) is 194 Å². The molecular formula is C50H32. The Morgan fingerprint density at radius 1 is 0.260 bits per heavy atom. The summed E-state index contributed by atoms with van der Waals surface area (Å²) in [5.74, 6) is 0. The van der Waals surface area contributed by atoms with Gasteiger partial charge in [0.15, 0.2) is 0 Å². The van der Waals surface area contributed by atoms with E-state index in [0.717, 1.165) is 0 Å². The van der Waals surface area contributed by atoms with Crippen LogP contribution < -0.4 is 0 Å². The summed E-state index contributed by atoms with van der Waals surface area (Å²) in [5.41, 5.74) is 20.3. The predicted octanol–water partition coefficient (Wildman–Crippen LogP) is 13.3. The molecule has 232 valence electrons. The molecule has 0 nitrogen and oxygen atoms in total. The fraction of sp³-hybridized carbons (Fsp3) is 0. The predicted molar refractivity (Wildman–Crippen MR) is 213 cm³/mol. The van der Waals surface area contributed by atoms with Gasteiger partial charge in [0.2, 0.25) is 0 Å². The lowest BCUT2D eigenvalue weighted by Gasteiger charge is -2.12. The molecule has 0 bridgehead atoms. The van der Waals surface area contributed by atoms with Gasteiger partial charge in [-0.15, -0.1) is 0 Å². The summed E-state index contributed by atoms with van der Waals surface area (Å²) < 4.78 is 0. The second-order valence-electron chi connectivity index (χ2n) is 13.3. The van der Waals surface area contributed by atoms with Crippen molar-refractivity contribution in [3.8, 4) is 44.5 Å². The molecule has 0 saturated carbocycles. The van der Waals surface area contributed by atoms with Gasteiger partial charge in [-0.1, -0.05) is 170 Å². The van der Waals surface area contributed by atoms with Gasteiger partial charge in [0.05, 0.1) is 0 Å². The molecule has 10 rings (SSSR count). The first kappa shape index (κ1) is 28.5. The van der Waals surface area contributed by atoms with Crippen molar-refractivity contribution in [1.29, 1.82) is 0 Å². The monoisotopic (exact) mass is 632 g/mol. The maximum Gasteiger partial charge on any atom is -0.00201 e. The minimum Gasteiger partial charge on any atom is -0.0622 e. The Bertz CT molecular complexity index is 2450. The molecule has 0 N–H and O–H groups in total. The zero-order valence-electron chi connectivity index (χ0n) is 27.5. The van der Waals surface area contributed by atoms with Gasteiger partial charge in [0.25, 0.3) is 0 Å². The van der Waals surface area contributed by atoms with E-state index in [4.69, 9.17) is 0 Å². The highest BCUT2D eigenvalue weighted by molar-refractivity contribution is 6.21. The quantitative estimate of drug-likeness (QED) is 0.181. The molecule has 0 atom stereocenters. The minimum absolute atomic E-state index is 1.21. The van der Waals surface area contributed by atoms with Crippen LogP contribution in [0.4, 0.5) is 0 Å². The zero-order chi connectivity index (χ0) is 33.0. The van der Waals surface area contributed by atoms with Crippen molar-refractivity contribution in [3.05, 3.63) is 215 Å². The molecule has 2 aliphatic rings. The summed E-state index contributed by atoms with van der Waals surface area (Å²) in [6, 6.07) is 66.4. The molecule has 0 fully saturated rings. The Kier molecular flexibility index (Phi) is 6.60. The van der Waals surface area contributed by atoms with E-state index in [-0.39, 0.29) is 0 Å². The Hall–Kier alpha value is -6.50. The third-order valence-electron chi connectivity index (χ3n) is 10.4. The summed E-state index contributed by atoms with van der Waals surface area (Å²) in [6.07, 6.45) is 4.72. The molecule has 0 unspecified atom stereocenters. The summed E-state index contributed by atoms with van der Waals surface area (Å²) in [7, 11) is 0. The van der Waals surface area contributed by atoms with E-state index < -0.39 is 0 Å². The first-order valence-electron chi connectivity index (χ1n) is 17.3. The van der Waals surface area contributed by atoms with Gasteiger partial charge in [0, 0.05) is 0 Å². The first-order chi connectivity index (χ1) is 24.8. The highest BCUT2D eigenvalue weighted by Gasteiger charge is 2.30. The van der Waals surface area contributed by atoms with Crippen molar-refractivity contribution in [1.82, 2.24) is 0 Å². The van der Waals surface area contributed by atoms with E-state index in [1.165, 1.54) is 99.8 Å². The zero-order valence-corrected chi connectivity index (χ0v) is 27.5. The van der Waals surface area contributed by atoms with Crippen LogP contribution in [0.15, 0.2) is 182 Å². The lowest BCUT2D eigenvalue weighted by molar-refractivity contribution is 1.60. The van der Waals surface area contributed by atoms with E-state index in [0.29, 0.717) is 0 Å². The van der Waals surface area contributed by atoms with Gasteiger partial charge in [-0.3, -0.25) is 0 Å². The standard InChI is InChI=1S/C50H32/c1-5-13-33(14-6-1)29-45-43-27-25-40-39(49(43)41-23-21-37(31-47(41)45)35-17-9-3-10-18-35)26-28-44-46(30-34-15-7-2-8-16-34)48-32-38(22-24-42(48)50(40)44)36-19-11-4-12-20-36/h1-32H/b45-29-,46-30-. The average Bonchev–Trinajstić information content (AvgIpc) is 3.67. The van der Waals surface area contributed by atoms with Crippen LogP contribution >= 0.6 is 0 Å². The molecule has 0 heterocycles. The van der Waals surface area contributed by atoms with Crippen LogP contribution in [0, 0.1) is 0 Å². The van der Waals surface area contributed by atoms with Crippen molar-refractivity contribution in [2.75, 3.05) is 0 Å². The second kappa shape index (κ2) is 11.6. The molecule has 50 heavy (non-hydrogen) atoms. The fourth-order valence-corrected chi connectivity index (χ4v) is 8.06. The molecule has 8 aromatic carbocycles. The van der Waals surface area contributed by atoms with E-state index >= 15 is 0 Å². The van der Waals surface area contributed by atoms with Gasteiger partial charge < -0.3 is 0 Å². The molecule has 0 spiro atoms. The smallest absolute Gasteiger partial charge is 0.00201 e. The molecule has 0 aromatic heterocycles. The third-order valence-corrected chi connectivity index (χ3v) is 10.4. The van der Waals surface area contributed by atoms with Crippen LogP contribution in [0.5, 0.6) is 0 Å². The Morgan fingerprint density at radius 3 is 1.02 bits per heavy atom. The highest BCUT2D eigenvalue weighted by atomic mass is 14.3. The fourth-order valence-electron chi connectivity index (χ4n) is 8.06. The second-order valence-corrected chi connectivity index (χ2v) is 13.3. The SMILES string of the molecule is C(=C1/c2cc(-c3ccccc3)ccc2-c2c1ccc1c3c(ccc21)/C(=C/c1ccccc1)c1cc(-c2ccccc2)ccc1-3)/c1ccccc1. The number of hydrogen-bond acceptors (Lipinski definition) is 0. The summed E-state index contributed by atoms with van der Waals surface area (Å²) in [4.78, 5) is 0. The van der Waals surface area contributed by atoms with Crippen molar-refractivity contribution >= 4 is 34.1 Å². The molecule has 8 aromatic rings. The Balaban J connectivity index is 1.22. The number of hydrogen-bond donors (Lipinski definition) is 0. The number of rotatable bonds is 4. The lowest BCUT2D eigenvalue weighted by Crippen LogP contribution is -1.88. The molecule has 0 saturated heterocycles. The van der Waals surface area contributed by atoms with Crippen molar-refractivity contribution in [2.45, 2.75) is 0 Å². The number of benzene rings is 8. The first-order valence-corrected chi connectivity index (χ1v) is 17.3. The maximum atomic E-state index is 2.39. The van der Waals surface area contributed by atoms with Gasteiger partial charge in [-0.2, -0.15) is 0 Å². The lowest BCUT2D eigenvalue weighted by atomic mass is 9.91. The molecule has 0 aliphatic heterocycles. The minimum atomic E-state index is 1.21. The van der Waals surface area contributed by atoms with Crippen LogP contribution in [-0.4, -0.2) is 0 Å². The Morgan fingerprint density at radius 2 is 0.620 bits per heavy atom. The summed E-state index contributed by atoms with van der Waals surface area (Å²) >= 11 is 0.